The Morgan fingerprint density at radius 3 is 2.17 bits per heavy atom. The highest BCUT2D eigenvalue weighted by Crippen LogP contribution is 2.06. The van der Waals surface area contributed by atoms with Gasteiger partial charge in [-0.15, -0.1) is 0 Å². The molecule has 0 aromatic heterocycles. The van der Waals surface area contributed by atoms with E-state index in [0.29, 0.717) is 12.2 Å². The Balaban J connectivity index is 2.06. The third kappa shape index (κ3) is 9.66. The number of halogens is 1. The quantitative estimate of drug-likeness (QED) is 0.453. The van der Waals surface area contributed by atoms with Crippen LogP contribution in [0, 0.1) is 5.82 Å². The molecule has 0 heterocycles. The molecular formula is C18H25FO4. The van der Waals surface area contributed by atoms with Crippen molar-refractivity contribution >= 4 is 11.9 Å². The summed E-state index contributed by atoms with van der Waals surface area (Å²) >= 11 is 0. The van der Waals surface area contributed by atoms with Gasteiger partial charge in [-0.05, 0) is 24.1 Å². The molecule has 0 aliphatic carbocycles. The maximum absolute atomic E-state index is 12.7. The zero-order chi connectivity index (χ0) is 16.9. The summed E-state index contributed by atoms with van der Waals surface area (Å²) in [6.07, 6.45) is 5.48. The van der Waals surface area contributed by atoms with E-state index < -0.39 is 5.97 Å². The highest BCUT2D eigenvalue weighted by Gasteiger charge is 2.09. The van der Waals surface area contributed by atoms with Gasteiger partial charge < -0.3 is 9.47 Å². The van der Waals surface area contributed by atoms with E-state index in [-0.39, 0.29) is 31.2 Å². The molecule has 0 saturated heterocycles. The number of unbranched alkanes of at least 4 members (excludes halogenated alkanes) is 4. The Bertz CT molecular complexity index is 470. The van der Waals surface area contributed by atoms with Gasteiger partial charge in [-0.2, -0.15) is 0 Å². The molecule has 4 nitrogen and oxygen atoms in total. The van der Waals surface area contributed by atoms with Crippen LogP contribution in [0.3, 0.4) is 0 Å². The summed E-state index contributed by atoms with van der Waals surface area (Å²) in [5.74, 6) is -1.18. The van der Waals surface area contributed by atoms with Gasteiger partial charge in [-0.25, -0.2) is 4.39 Å². The highest BCUT2D eigenvalue weighted by atomic mass is 19.1. The summed E-state index contributed by atoms with van der Waals surface area (Å²) in [5.41, 5.74) is 0.703. The Morgan fingerprint density at radius 2 is 1.52 bits per heavy atom. The number of carbonyl (C=O) groups is 2. The number of esters is 2. The number of hydrogen-bond donors (Lipinski definition) is 0. The minimum atomic E-state index is -0.464. The molecule has 5 heteroatoms. The molecule has 0 radical (unpaired) electrons. The summed E-state index contributed by atoms with van der Waals surface area (Å²) in [4.78, 5) is 23.0. The number of rotatable bonds is 11. The van der Waals surface area contributed by atoms with Gasteiger partial charge >= 0.3 is 11.9 Å². The van der Waals surface area contributed by atoms with Gasteiger partial charge in [0.05, 0.1) is 19.4 Å². The minimum absolute atomic E-state index is 0.00410. The maximum Gasteiger partial charge on any atom is 0.306 e. The smallest absolute Gasteiger partial charge is 0.306 e. The van der Waals surface area contributed by atoms with Crippen LogP contribution >= 0.6 is 0 Å². The van der Waals surface area contributed by atoms with E-state index in [4.69, 9.17) is 9.47 Å². The molecule has 0 spiro atoms. The van der Waals surface area contributed by atoms with Crippen LogP contribution in [0.5, 0.6) is 0 Å². The van der Waals surface area contributed by atoms with Crippen molar-refractivity contribution in [3.8, 4) is 0 Å². The fourth-order valence-electron chi connectivity index (χ4n) is 1.98. The second-order valence-electron chi connectivity index (χ2n) is 5.42. The molecule has 0 aliphatic heterocycles. The zero-order valence-corrected chi connectivity index (χ0v) is 13.7. The monoisotopic (exact) mass is 324 g/mol. The van der Waals surface area contributed by atoms with Crippen molar-refractivity contribution in [2.75, 3.05) is 6.61 Å². The van der Waals surface area contributed by atoms with E-state index in [1.165, 1.54) is 25.0 Å². The molecule has 1 rings (SSSR count). The van der Waals surface area contributed by atoms with Crippen LogP contribution < -0.4 is 0 Å². The number of hydrogen-bond acceptors (Lipinski definition) is 4. The average Bonchev–Trinajstić information content (AvgIpc) is 2.55. The molecule has 23 heavy (non-hydrogen) atoms. The molecule has 128 valence electrons. The van der Waals surface area contributed by atoms with Crippen LogP contribution in [0.2, 0.25) is 0 Å². The zero-order valence-electron chi connectivity index (χ0n) is 13.7. The Kier molecular flexibility index (Phi) is 9.68. The predicted octanol–water partition coefficient (Wildman–Crippen LogP) is 4.16. The van der Waals surface area contributed by atoms with Crippen LogP contribution in [-0.2, 0) is 25.7 Å². The fourth-order valence-corrected chi connectivity index (χ4v) is 1.98. The molecule has 1 aromatic carbocycles. The Hall–Kier alpha value is -1.91. The van der Waals surface area contributed by atoms with Crippen molar-refractivity contribution in [3.63, 3.8) is 0 Å². The van der Waals surface area contributed by atoms with E-state index in [1.807, 2.05) is 0 Å². The van der Waals surface area contributed by atoms with E-state index in [9.17, 15) is 14.0 Å². The Labute approximate surface area is 137 Å². The molecule has 0 N–H and O–H groups in total. The first-order chi connectivity index (χ1) is 11.1. The van der Waals surface area contributed by atoms with Gasteiger partial charge in [0.15, 0.2) is 0 Å². The van der Waals surface area contributed by atoms with E-state index in [1.54, 1.807) is 12.1 Å². The SMILES string of the molecule is CCCCCCCOC(=O)CCC(=O)OCc1ccc(F)cc1. The van der Waals surface area contributed by atoms with Crippen LogP contribution in [0.1, 0.15) is 57.4 Å². The second-order valence-corrected chi connectivity index (χ2v) is 5.42. The lowest BCUT2D eigenvalue weighted by atomic mass is 10.2. The summed E-state index contributed by atoms with van der Waals surface area (Å²) in [5, 5.41) is 0. The van der Waals surface area contributed by atoms with E-state index in [0.717, 1.165) is 19.3 Å². The summed E-state index contributed by atoms with van der Waals surface area (Å²) < 4.78 is 22.8. The molecule has 0 aliphatic rings. The third-order valence-electron chi connectivity index (χ3n) is 3.36. The maximum atomic E-state index is 12.7. The van der Waals surface area contributed by atoms with Crippen molar-refractivity contribution < 1.29 is 23.5 Å². The van der Waals surface area contributed by atoms with Gasteiger partial charge in [0.25, 0.3) is 0 Å². The standard InChI is InChI=1S/C18H25FO4/c1-2-3-4-5-6-13-22-17(20)11-12-18(21)23-14-15-7-9-16(19)10-8-15/h7-10H,2-6,11-14H2,1H3. The topological polar surface area (TPSA) is 52.6 Å². The van der Waals surface area contributed by atoms with Crippen molar-refractivity contribution in [1.82, 2.24) is 0 Å². The summed E-state index contributed by atoms with van der Waals surface area (Å²) in [6, 6.07) is 5.72. The molecule has 0 unspecified atom stereocenters. The average molecular weight is 324 g/mol. The van der Waals surface area contributed by atoms with Crippen molar-refractivity contribution in [3.05, 3.63) is 35.6 Å². The highest BCUT2D eigenvalue weighted by molar-refractivity contribution is 5.77. The van der Waals surface area contributed by atoms with Gasteiger partial charge in [0.1, 0.15) is 12.4 Å². The minimum Gasteiger partial charge on any atom is -0.466 e. The molecule has 0 fully saturated rings. The number of ether oxygens (including phenoxy) is 2. The van der Waals surface area contributed by atoms with Crippen molar-refractivity contribution in [2.24, 2.45) is 0 Å². The molecule has 0 saturated carbocycles. The normalized spacial score (nSPS) is 10.3. The second kappa shape index (κ2) is 11.6. The molecule has 0 bridgehead atoms. The predicted molar refractivity (Wildman–Crippen MR) is 85.1 cm³/mol. The van der Waals surface area contributed by atoms with Crippen LogP contribution in [0.25, 0.3) is 0 Å². The lowest BCUT2D eigenvalue weighted by Crippen LogP contribution is -2.11. The van der Waals surface area contributed by atoms with E-state index >= 15 is 0 Å². The largest absolute Gasteiger partial charge is 0.466 e. The van der Waals surface area contributed by atoms with Crippen molar-refractivity contribution in [2.45, 2.75) is 58.5 Å². The van der Waals surface area contributed by atoms with Crippen LogP contribution in [0.4, 0.5) is 4.39 Å². The molecular weight excluding hydrogens is 299 g/mol. The Morgan fingerprint density at radius 1 is 0.913 bits per heavy atom. The van der Waals surface area contributed by atoms with Crippen molar-refractivity contribution in [1.29, 1.82) is 0 Å². The molecule has 1 aromatic rings. The fraction of sp³-hybridized carbons (Fsp3) is 0.556. The van der Waals surface area contributed by atoms with Gasteiger partial charge in [0, 0.05) is 0 Å². The first-order valence-electron chi connectivity index (χ1n) is 8.17. The van der Waals surface area contributed by atoms with Crippen LogP contribution in [-0.4, -0.2) is 18.5 Å². The summed E-state index contributed by atoms with van der Waals surface area (Å²) in [6.45, 7) is 2.63. The summed E-state index contributed by atoms with van der Waals surface area (Å²) in [7, 11) is 0. The molecule has 0 amide bonds. The number of carbonyl (C=O) groups excluding carboxylic acids is 2. The van der Waals surface area contributed by atoms with Gasteiger partial charge in [0.2, 0.25) is 0 Å². The van der Waals surface area contributed by atoms with Crippen LogP contribution in [0.15, 0.2) is 24.3 Å². The van der Waals surface area contributed by atoms with E-state index in [2.05, 4.69) is 6.92 Å². The third-order valence-corrected chi connectivity index (χ3v) is 3.36. The first kappa shape index (κ1) is 19.1. The van der Waals surface area contributed by atoms with Gasteiger partial charge in [-0.1, -0.05) is 44.7 Å². The lowest BCUT2D eigenvalue weighted by Gasteiger charge is -2.06. The van der Waals surface area contributed by atoms with Gasteiger partial charge in [-0.3, -0.25) is 9.59 Å². The number of benzene rings is 1. The molecule has 0 atom stereocenters. The lowest BCUT2D eigenvalue weighted by molar-refractivity contribution is -0.151. The first-order valence-corrected chi connectivity index (χ1v) is 8.17.